The fourth-order valence-corrected chi connectivity index (χ4v) is 1.37. The minimum atomic E-state index is 0.767. The number of hydrogen-bond acceptors (Lipinski definition) is 0. The van der Waals surface area contributed by atoms with Crippen LogP contribution in [-0.2, 0) is 0 Å². The molecule has 0 aromatic carbocycles. The van der Waals surface area contributed by atoms with E-state index < -0.39 is 0 Å². The lowest BCUT2D eigenvalue weighted by Gasteiger charge is -2.17. The van der Waals surface area contributed by atoms with Gasteiger partial charge in [-0.05, 0) is 42.9 Å². The fourth-order valence-electron chi connectivity index (χ4n) is 1.37. The second-order valence-electron chi connectivity index (χ2n) is 5.07. The minimum Gasteiger partial charge on any atom is -0.0625 e. The summed E-state index contributed by atoms with van der Waals surface area (Å²) in [4.78, 5) is 0. The third-order valence-electron chi connectivity index (χ3n) is 3.44. The summed E-state index contributed by atoms with van der Waals surface area (Å²) in [7, 11) is 0. The SMILES string of the molecule is CC(C)[C@@H](C)CCC1(C)CC1. The normalized spacial score (nSPS) is 23.7. The average Bonchev–Trinajstić information content (AvgIpc) is 2.64. The molecule has 0 aliphatic heterocycles. The highest BCUT2D eigenvalue weighted by atomic mass is 14.4. The van der Waals surface area contributed by atoms with Gasteiger partial charge < -0.3 is 0 Å². The van der Waals surface area contributed by atoms with Crippen LogP contribution >= 0.6 is 0 Å². The highest BCUT2D eigenvalue weighted by Crippen LogP contribution is 2.49. The van der Waals surface area contributed by atoms with E-state index in [-0.39, 0.29) is 0 Å². The molecule has 0 heterocycles. The Morgan fingerprint density at radius 3 is 2.09 bits per heavy atom. The van der Waals surface area contributed by atoms with Crippen LogP contribution in [0.4, 0.5) is 0 Å². The molecule has 66 valence electrons. The average molecular weight is 154 g/mol. The summed E-state index contributed by atoms with van der Waals surface area (Å²) in [5, 5.41) is 0. The zero-order valence-electron chi connectivity index (χ0n) is 8.48. The zero-order chi connectivity index (χ0) is 8.48. The Morgan fingerprint density at radius 1 is 1.18 bits per heavy atom. The van der Waals surface area contributed by atoms with E-state index in [2.05, 4.69) is 27.7 Å². The van der Waals surface area contributed by atoms with Crippen LogP contribution in [0.25, 0.3) is 0 Å². The van der Waals surface area contributed by atoms with Crippen LogP contribution < -0.4 is 0 Å². The van der Waals surface area contributed by atoms with Gasteiger partial charge >= 0.3 is 0 Å². The summed E-state index contributed by atoms with van der Waals surface area (Å²) in [6, 6.07) is 0. The second-order valence-corrected chi connectivity index (χ2v) is 5.07. The first-order valence-corrected chi connectivity index (χ1v) is 5.03. The maximum Gasteiger partial charge on any atom is -0.0325 e. The van der Waals surface area contributed by atoms with Crippen molar-refractivity contribution in [1.82, 2.24) is 0 Å². The molecule has 1 fully saturated rings. The van der Waals surface area contributed by atoms with Crippen LogP contribution in [0.3, 0.4) is 0 Å². The van der Waals surface area contributed by atoms with Gasteiger partial charge in [0.2, 0.25) is 0 Å². The molecule has 0 spiro atoms. The molecule has 0 heteroatoms. The Balaban J connectivity index is 2.11. The first-order valence-electron chi connectivity index (χ1n) is 5.03. The van der Waals surface area contributed by atoms with E-state index in [0.29, 0.717) is 0 Å². The molecular formula is C11H22. The third kappa shape index (κ3) is 2.84. The van der Waals surface area contributed by atoms with Crippen molar-refractivity contribution in [2.75, 3.05) is 0 Å². The minimum absolute atomic E-state index is 0.767. The molecule has 1 aliphatic carbocycles. The van der Waals surface area contributed by atoms with Gasteiger partial charge in [-0.15, -0.1) is 0 Å². The van der Waals surface area contributed by atoms with Crippen LogP contribution in [0.2, 0.25) is 0 Å². The Labute approximate surface area is 71.4 Å². The second kappa shape index (κ2) is 3.16. The van der Waals surface area contributed by atoms with E-state index in [0.717, 1.165) is 17.3 Å². The van der Waals surface area contributed by atoms with Gasteiger partial charge in [-0.3, -0.25) is 0 Å². The van der Waals surface area contributed by atoms with Crippen molar-refractivity contribution in [3.8, 4) is 0 Å². The van der Waals surface area contributed by atoms with E-state index in [4.69, 9.17) is 0 Å². The Bertz CT molecular complexity index is 120. The van der Waals surface area contributed by atoms with E-state index in [9.17, 15) is 0 Å². The van der Waals surface area contributed by atoms with Crippen LogP contribution in [0, 0.1) is 17.3 Å². The first kappa shape index (κ1) is 9.09. The van der Waals surface area contributed by atoms with Gasteiger partial charge in [0.05, 0.1) is 0 Å². The summed E-state index contributed by atoms with van der Waals surface area (Å²) in [5.41, 5.74) is 0.767. The molecule has 0 nitrogen and oxygen atoms in total. The van der Waals surface area contributed by atoms with Gasteiger partial charge in [0.25, 0.3) is 0 Å². The molecule has 0 aromatic heterocycles. The first-order chi connectivity index (χ1) is 5.03. The molecule has 0 bridgehead atoms. The van der Waals surface area contributed by atoms with Gasteiger partial charge in [-0.1, -0.05) is 27.7 Å². The lowest BCUT2D eigenvalue weighted by Crippen LogP contribution is -2.06. The van der Waals surface area contributed by atoms with Crippen molar-refractivity contribution in [3.63, 3.8) is 0 Å². The lowest BCUT2D eigenvalue weighted by molar-refractivity contribution is 0.343. The fraction of sp³-hybridized carbons (Fsp3) is 1.00. The van der Waals surface area contributed by atoms with Crippen molar-refractivity contribution < 1.29 is 0 Å². The highest BCUT2D eigenvalue weighted by molar-refractivity contribution is 4.88. The Hall–Kier alpha value is 0. The standard InChI is InChI=1S/C11H22/c1-9(2)10(3)5-6-11(4)7-8-11/h9-10H,5-8H2,1-4H3/t10-/m0/s1. The van der Waals surface area contributed by atoms with Crippen LogP contribution in [0.5, 0.6) is 0 Å². The molecule has 1 saturated carbocycles. The summed E-state index contributed by atoms with van der Waals surface area (Å²) in [6.07, 6.45) is 5.87. The van der Waals surface area contributed by atoms with Crippen LogP contribution in [-0.4, -0.2) is 0 Å². The summed E-state index contributed by atoms with van der Waals surface area (Å²) in [6.45, 7) is 9.48. The maximum atomic E-state index is 2.43. The van der Waals surface area contributed by atoms with Crippen LogP contribution in [0.1, 0.15) is 53.4 Å². The van der Waals surface area contributed by atoms with E-state index in [1.54, 1.807) is 0 Å². The van der Waals surface area contributed by atoms with Gasteiger partial charge in [0, 0.05) is 0 Å². The smallest absolute Gasteiger partial charge is 0.0325 e. The number of hydrogen-bond donors (Lipinski definition) is 0. The molecule has 0 amide bonds. The van der Waals surface area contributed by atoms with Crippen molar-refractivity contribution in [1.29, 1.82) is 0 Å². The van der Waals surface area contributed by atoms with Gasteiger partial charge in [0.15, 0.2) is 0 Å². The molecule has 1 atom stereocenters. The van der Waals surface area contributed by atoms with Crippen molar-refractivity contribution in [2.24, 2.45) is 17.3 Å². The predicted molar refractivity (Wildman–Crippen MR) is 50.6 cm³/mol. The van der Waals surface area contributed by atoms with Gasteiger partial charge in [-0.25, -0.2) is 0 Å². The molecule has 0 aromatic rings. The third-order valence-corrected chi connectivity index (χ3v) is 3.44. The summed E-state index contributed by atoms with van der Waals surface area (Å²) >= 11 is 0. The Kier molecular flexibility index (Phi) is 2.61. The van der Waals surface area contributed by atoms with Crippen molar-refractivity contribution in [2.45, 2.75) is 53.4 Å². The molecule has 0 unspecified atom stereocenters. The quantitative estimate of drug-likeness (QED) is 0.577. The maximum absolute atomic E-state index is 2.43. The highest BCUT2D eigenvalue weighted by Gasteiger charge is 2.36. The van der Waals surface area contributed by atoms with Gasteiger partial charge in [-0.2, -0.15) is 0 Å². The molecule has 11 heavy (non-hydrogen) atoms. The topological polar surface area (TPSA) is 0 Å². The van der Waals surface area contributed by atoms with E-state index in [1.807, 2.05) is 0 Å². The van der Waals surface area contributed by atoms with Crippen LogP contribution in [0.15, 0.2) is 0 Å². The molecule has 0 N–H and O–H groups in total. The molecule has 1 aliphatic rings. The predicted octanol–water partition coefficient (Wildman–Crippen LogP) is 3.86. The number of rotatable bonds is 4. The van der Waals surface area contributed by atoms with Gasteiger partial charge in [0.1, 0.15) is 0 Å². The monoisotopic (exact) mass is 154 g/mol. The Morgan fingerprint density at radius 2 is 1.73 bits per heavy atom. The summed E-state index contributed by atoms with van der Waals surface area (Å²) < 4.78 is 0. The molecule has 0 saturated heterocycles. The van der Waals surface area contributed by atoms with Crippen molar-refractivity contribution >= 4 is 0 Å². The zero-order valence-corrected chi connectivity index (χ0v) is 8.48. The van der Waals surface area contributed by atoms with Crippen molar-refractivity contribution in [3.05, 3.63) is 0 Å². The molecule has 1 rings (SSSR count). The molecule has 0 radical (unpaired) electrons. The lowest BCUT2D eigenvalue weighted by atomic mass is 9.89. The molecular weight excluding hydrogens is 132 g/mol. The summed E-state index contributed by atoms with van der Waals surface area (Å²) in [5.74, 6) is 1.80. The largest absolute Gasteiger partial charge is 0.0625 e. The van der Waals surface area contributed by atoms with E-state index in [1.165, 1.54) is 25.7 Å². The van der Waals surface area contributed by atoms with E-state index >= 15 is 0 Å².